The van der Waals surface area contributed by atoms with Gasteiger partial charge in [-0.15, -0.1) is 0 Å². The number of imidazole rings is 1. The second kappa shape index (κ2) is 5.71. The molecule has 1 N–H and O–H groups in total. The zero-order valence-corrected chi connectivity index (χ0v) is 12.0. The van der Waals surface area contributed by atoms with E-state index in [1.807, 2.05) is 0 Å². The molecule has 0 bridgehead atoms. The molecule has 1 atom stereocenters. The lowest BCUT2D eigenvalue weighted by Gasteiger charge is -2.07. The first kappa shape index (κ1) is 13.8. The van der Waals surface area contributed by atoms with Crippen molar-refractivity contribution >= 4 is 22.2 Å². The van der Waals surface area contributed by atoms with Crippen LogP contribution in [0.3, 0.4) is 0 Å². The molecule has 0 saturated heterocycles. The van der Waals surface area contributed by atoms with Gasteiger partial charge in [-0.2, -0.15) is 4.98 Å². The molecule has 0 aliphatic carbocycles. The highest BCUT2D eigenvalue weighted by molar-refractivity contribution is 7.90. The van der Waals surface area contributed by atoms with Crippen molar-refractivity contribution in [2.75, 3.05) is 7.11 Å². The minimum Gasteiger partial charge on any atom is -0.609 e. The second-order valence-corrected chi connectivity index (χ2v) is 5.72. The van der Waals surface area contributed by atoms with Crippen LogP contribution < -0.4 is 4.74 Å². The molecule has 2 aromatic heterocycles. The van der Waals surface area contributed by atoms with Gasteiger partial charge in [-0.25, -0.2) is 4.39 Å². The average molecular weight is 305 g/mol. The Hall–Kier alpha value is -2.12. The number of rotatable bonds is 4. The Morgan fingerprint density at radius 1 is 1.38 bits per heavy atom. The number of benzene rings is 1. The normalized spacial score (nSPS) is 12.5. The van der Waals surface area contributed by atoms with Crippen LogP contribution >= 0.6 is 0 Å². The molecule has 0 saturated carbocycles. The fourth-order valence-corrected chi connectivity index (χ4v) is 2.93. The van der Waals surface area contributed by atoms with Crippen LogP contribution in [-0.2, 0) is 16.9 Å². The quantitative estimate of drug-likeness (QED) is 0.751. The summed E-state index contributed by atoms with van der Waals surface area (Å²) in [6, 6.07) is 8.01. The second-order valence-electron chi connectivity index (χ2n) is 4.35. The van der Waals surface area contributed by atoms with Crippen LogP contribution in [0.25, 0.3) is 11.0 Å². The highest BCUT2D eigenvalue weighted by Crippen LogP contribution is 2.20. The monoisotopic (exact) mass is 305 g/mol. The predicted octanol–water partition coefficient (Wildman–Crippen LogP) is 2.41. The Bertz CT molecular complexity index is 778. The van der Waals surface area contributed by atoms with Crippen molar-refractivity contribution in [1.82, 2.24) is 15.0 Å². The largest absolute Gasteiger partial charge is 0.609 e. The molecule has 1 unspecified atom stereocenters. The number of methoxy groups -OCH3 is 1. The topological polar surface area (TPSA) is 73.9 Å². The van der Waals surface area contributed by atoms with E-state index in [0.29, 0.717) is 17.0 Å². The van der Waals surface area contributed by atoms with Crippen LogP contribution in [0.1, 0.15) is 5.69 Å². The van der Waals surface area contributed by atoms with Gasteiger partial charge in [-0.05, 0) is 18.2 Å². The summed E-state index contributed by atoms with van der Waals surface area (Å²) in [5, 5.41) is 0.236. The minimum atomic E-state index is -1.44. The van der Waals surface area contributed by atoms with Gasteiger partial charge in [0.15, 0.2) is 11.6 Å². The van der Waals surface area contributed by atoms with Gasteiger partial charge >= 0.3 is 5.16 Å². The van der Waals surface area contributed by atoms with Crippen molar-refractivity contribution in [3.63, 3.8) is 0 Å². The molecule has 5 nitrogen and oxygen atoms in total. The molecule has 1 aromatic carbocycles. The summed E-state index contributed by atoms with van der Waals surface area (Å²) in [7, 11) is 1.55. The van der Waals surface area contributed by atoms with Crippen LogP contribution in [0.5, 0.6) is 5.75 Å². The van der Waals surface area contributed by atoms with E-state index in [0.717, 1.165) is 0 Å². The smallest absolute Gasteiger partial charge is 0.322 e. The van der Waals surface area contributed by atoms with Gasteiger partial charge in [0.25, 0.3) is 0 Å². The van der Waals surface area contributed by atoms with E-state index in [2.05, 4.69) is 15.0 Å². The van der Waals surface area contributed by atoms with E-state index in [-0.39, 0.29) is 16.4 Å². The maximum Gasteiger partial charge on any atom is 0.322 e. The number of fused-ring (bicyclic) bond motifs is 1. The molecule has 3 aromatic rings. The summed E-state index contributed by atoms with van der Waals surface area (Å²) in [5.74, 6) is 0.387. The van der Waals surface area contributed by atoms with E-state index in [1.54, 1.807) is 37.6 Å². The number of ether oxygens (including phenoxy) is 1. The summed E-state index contributed by atoms with van der Waals surface area (Å²) in [5.41, 5.74) is 1.34. The molecule has 7 heteroatoms. The summed E-state index contributed by atoms with van der Waals surface area (Å²) in [4.78, 5) is 11.1. The number of pyridine rings is 1. The number of H-pyrrole nitrogens is 1. The molecule has 0 aliphatic heterocycles. The third-order valence-electron chi connectivity index (χ3n) is 2.96. The van der Waals surface area contributed by atoms with Crippen LogP contribution in [0, 0.1) is 5.82 Å². The van der Waals surface area contributed by atoms with Gasteiger partial charge in [0.2, 0.25) is 0 Å². The number of nitrogens with one attached hydrogen (secondary N) is 1. The van der Waals surface area contributed by atoms with Crippen LogP contribution in [-0.4, -0.2) is 26.6 Å². The van der Waals surface area contributed by atoms with Crippen molar-refractivity contribution in [3.05, 3.63) is 48.0 Å². The Labute approximate surface area is 123 Å². The first-order valence-corrected chi connectivity index (χ1v) is 7.51. The van der Waals surface area contributed by atoms with Crippen molar-refractivity contribution in [1.29, 1.82) is 0 Å². The van der Waals surface area contributed by atoms with Gasteiger partial charge in [-0.3, -0.25) is 9.97 Å². The van der Waals surface area contributed by atoms with Crippen molar-refractivity contribution in [2.45, 2.75) is 10.9 Å². The standard InChI is InChI=1S/C14H12FN3O2S/c1-20-10-5-6-16-9(7-10)8-21(19)14-17-12-4-2-3-11(15)13(12)18-14/h2-7H,8H2,1H3,(H,17,18). The third kappa shape index (κ3) is 2.84. The van der Waals surface area contributed by atoms with Crippen LogP contribution in [0.2, 0.25) is 0 Å². The van der Waals surface area contributed by atoms with E-state index >= 15 is 0 Å². The zero-order chi connectivity index (χ0) is 14.8. The van der Waals surface area contributed by atoms with Gasteiger partial charge in [0.1, 0.15) is 11.3 Å². The van der Waals surface area contributed by atoms with Crippen LogP contribution in [0.15, 0.2) is 41.7 Å². The SMILES string of the molecule is COc1ccnc(C[S+]([O-])c2nc3c(F)cccc3[nH]2)c1. The highest BCUT2D eigenvalue weighted by Gasteiger charge is 2.19. The molecular formula is C14H12FN3O2S. The first-order valence-electron chi connectivity index (χ1n) is 6.19. The van der Waals surface area contributed by atoms with Crippen LogP contribution in [0.4, 0.5) is 4.39 Å². The summed E-state index contributed by atoms with van der Waals surface area (Å²) >= 11 is -1.44. The van der Waals surface area contributed by atoms with E-state index in [1.165, 1.54) is 6.07 Å². The number of para-hydroxylation sites is 1. The lowest BCUT2D eigenvalue weighted by atomic mass is 10.3. The average Bonchev–Trinajstić information content (AvgIpc) is 2.93. The number of halogens is 1. The van der Waals surface area contributed by atoms with Gasteiger partial charge in [0, 0.05) is 23.4 Å². The predicted molar refractivity (Wildman–Crippen MR) is 77.0 cm³/mol. The summed E-state index contributed by atoms with van der Waals surface area (Å²) in [6.45, 7) is 0. The zero-order valence-electron chi connectivity index (χ0n) is 11.2. The van der Waals surface area contributed by atoms with E-state index in [4.69, 9.17) is 4.74 Å². The number of hydrogen-bond acceptors (Lipinski definition) is 4. The number of hydrogen-bond donors (Lipinski definition) is 1. The molecule has 2 heterocycles. The van der Waals surface area contributed by atoms with E-state index in [9.17, 15) is 8.94 Å². The lowest BCUT2D eigenvalue weighted by Crippen LogP contribution is -2.08. The van der Waals surface area contributed by atoms with Crippen molar-refractivity contribution in [3.8, 4) is 5.75 Å². The number of aromatic nitrogens is 3. The Morgan fingerprint density at radius 3 is 3.00 bits per heavy atom. The molecule has 21 heavy (non-hydrogen) atoms. The number of aromatic amines is 1. The molecule has 0 radical (unpaired) electrons. The van der Waals surface area contributed by atoms with E-state index < -0.39 is 17.0 Å². The minimum absolute atomic E-state index is 0.179. The van der Waals surface area contributed by atoms with Gasteiger partial charge in [0.05, 0.1) is 18.3 Å². The fraction of sp³-hybridized carbons (Fsp3) is 0.143. The third-order valence-corrected chi connectivity index (χ3v) is 4.14. The van der Waals surface area contributed by atoms with Crippen molar-refractivity contribution < 1.29 is 13.7 Å². The first-order chi connectivity index (χ1) is 10.2. The van der Waals surface area contributed by atoms with Gasteiger partial charge in [-0.1, -0.05) is 6.07 Å². The molecule has 0 aliphatic rings. The molecular weight excluding hydrogens is 293 g/mol. The summed E-state index contributed by atoms with van der Waals surface area (Å²) in [6.07, 6.45) is 1.59. The highest BCUT2D eigenvalue weighted by atomic mass is 32.2. The molecule has 0 amide bonds. The fourth-order valence-electron chi connectivity index (χ4n) is 1.95. The molecule has 3 rings (SSSR count). The molecule has 0 spiro atoms. The Kier molecular flexibility index (Phi) is 3.76. The maximum atomic E-state index is 13.6. The Morgan fingerprint density at radius 2 is 2.24 bits per heavy atom. The number of nitrogens with zero attached hydrogens (tertiary/aromatic N) is 2. The maximum absolute atomic E-state index is 13.6. The van der Waals surface area contributed by atoms with Crippen molar-refractivity contribution in [2.24, 2.45) is 0 Å². The molecule has 108 valence electrons. The lowest BCUT2D eigenvalue weighted by molar-refractivity contribution is 0.413. The van der Waals surface area contributed by atoms with Gasteiger partial charge < -0.3 is 9.29 Å². The Balaban J connectivity index is 1.86. The summed E-state index contributed by atoms with van der Waals surface area (Å²) < 4.78 is 31.0. The molecule has 0 fully saturated rings.